The molecule has 0 bridgehead atoms. The molecule has 0 aromatic heterocycles. The number of rotatable bonds is 7. The molecule has 0 unspecified atom stereocenters. The van der Waals surface area contributed by atoms with Gasteiger partial charge in [0.2, 0.25) is 15.9 Å². The predicted molar refractivity (Wildman–Crippen MR) is 85.3 cm³/mol. The molecule has 0 aliphatic carbocycles. The zero-order chi connectivity index (χ0) is 16.0. The molecule has 5 nitrogen and oxygen atoms in total. The van der Waals surface area contributed by atoms with Crippen LogP contribution < -0.4 is 10.5 Å². The zero-order valence-electron chi connectivity index (χ0n) is 12.0. The first-order valence-electron chi connectivity index (χ1n) is 6.83. The first-order chi connectivity index (χ1) is 10.5. The molecule has 0 radical (unpaired) electrons. The molecule has 1 atom stereocenters. The summed E-state index contributed by atoms with van der Waals surface area (Å²) < 4.78 is 26.8. The standard InChI is InChI=1S/C16H18N2O3S/c17-16(19)15(11-13-7-3-1-4-8-13)18-22(20,21)12-14-9-5-2-6-10-14/h1-10,15,18H,11-12H2,(H2,17,19)/t15-/m0/s1. The lowest BCUT2D eigenvalue weighted by Gasteiger charge is -2.16. The largest absolute Gasteiger partial charge is 0.368 e. The Balaban J connectivity index is 2.08. The van der Waals surface area contributed by atoms with Gasteiger partial charge in [-0.25, -0.2) is 13.1 Å². The van der Waals surface area contributed by atoms with Gasteiger partial charge in [0.15, 0.2) is 0 Å². The zero-order valence-corrected chi connectivity index (χ0v) is 12.8. The van der Waals surface area contributed by atoms with Crippen LogP contribution in [-0.4, -0.2) is 20.4 Å². The number of nitrogens with two attached hydrogens (primary N) is 1. The minimum Gasteiger partial charge on any atom is -0.368 e. The lowest BCUT2D eigenvalue weighted by molar-refractivity contribution is -0.119. The molecule has 22 heavy (non-hydrogen) atoms. The van der Waals surface area contributed by atoms with Crippen molar-refractivity contribution in [2.75, 3.05) is 0 Å². The molecule has 0 saturated heterocycles. The summed E-state index contributed by atoms with van der Waals surface area (Å²) in [5.74, 6) is -0.882. The van der Waals surface area contributed by atoms with Crippen molar-refractivity contribution in [2.24, 2.45) is 5.73 Å². The van der Waals surface area contributed by atoms with E-state index >= 15 is 0 Å². The second kappa shape index (κ2) is 7.20. The Labute approximate surface area is 130 Å². The first kappa shape index (κ1) is 16.2. The van der Waals surface area contributed by atoms with Crippen LogP contribution in [0.25, 0.3) is 0 Å². The van der Waals surface area contributed by atoms with Crippen LogP contribution in [0.5, 0.6) is 0 Å². The summed E-state index contributed by atoms with van der Waals surface area (Å²) >= 11 is 0. The molecule has 2 rings (SSSR count). The average Bonchev–Trinajstić information content (AvgIpc) is 2.48. The smallest absolute Gasteiger partial charge is 0.235 e. The molecule has 0 heterocycles. The molecular formula is C16H18N2O3S. The fourth-order valence-corrected chi connectivity index (χ4v) is 3.45. The highest BCUT2D eigenvalue weighted by Crippen LogP contribution is 2.08. The maximum absolute atomic E-state index is 12.2. The maximum Gasteiger partial charge on any atom is 0.235 e. The van der Waals surface area contributed by atoms with E-state index in [1.807, 2.05) is 36.4 Å². The Morgan fingerprint density at radius 1 is 0.955 bits per heavy atom. The van der Waals surface area contributed by atoms with Crippen molar-refractivity contribution in [3.8, 4) is 0 Å². The van der Waals surface area contributed by atoms with Crippen LogP contribution >= 0.6 is 0 Å². The van der Waals surface area contributed by atoms with Gasteiger partial charge in [0, 0.05) is 0 Å². The number of nitrogens with one attached hydrogen (secondary N) is 1. The molecule has 116 valence electrons. The van der Waals surface area contributed by atoms with Crippen molar-refractivity contribution in [2.45, 2.75) is 18.2 Å². The van der Waals surface area contributed by atoms with Crippen molar-refractivity contribution < 1.29 is 13.2 Å². The van der Waals surface area contributed by atoms with Gasteiger partial charge in [-0.2, -0.15) is 0 Å². The lowest BCUT2D eigenvalue weighted by atomic mass is 10.1. The van der Waals surface area contributed by atoms with Gasteiger partial charge in [0.25, 0.3) is 0 Å². The number of hydrogen-bond donors (Lipinski definition) is 2. The predicted octanol–water partition coefficient (Wildman–Crippen LogP) is 1.20. The minimum atomic E-state index is -3.65. The monoisotopic (exact) mass is 318 g/mol. The number of carbonyl (C=O) groups is 1. The molecule has 6 heteroatoms. The van der Waals surface area contributed by atoms with E-state index in [0.717, 1.165) is 5.56 Å². The van der Waals surface area contributed by atoms with Gasteiger partial charge in [-0.1, -0.05) is 60.7 Å². The van der Waals surface area contributed by atoms with Crippen LogP contribution in [0.15, 0.2) is 60.7 Å². The Bertz CT molecular complexity index is 716. The minimum absolute atomic E-state index is 0.188. The summed E-state index contributed by atoms with van der Waals surface area (Å²) in [7, 11) is -3.65. The van der Waals surface area contributed by atoms with Crippen LogP contribution in [-0.2, 0) is 27.0 Å². The quantitative estimate of drug-likeness (QED) is 0.804. The van der Waals surface area contributed by atoms with Crippen LogP contribution in [0.1, 0.15) is 11.1 Å². The SMILES string of the molecule is NC(=O)[C@H](Cc1ccccc1)NS(=O)(=O)Cc1ccccc1. The maximum atomic E-state index is 12.2. The lowest BCUT2D eigenvalue weighted by Crippen LogP contribution is -2.46. The second-order valence-electron chi connectivity index (χ2n) is 5.01. The topological polar surface area (TPSA) is 89.3 Å². The fourth-order valence-electron chi connectivity index (χ4n) is 2.10. The van der Waals surface area contributed by atoms with Gasteiger partial charge in [0.1, 0.15) is 6.04 Å². The van der Waals surface area contributed by atoms with Crippen LogP contribution in [0.4, 0.5) is 0 Å². The molecule has 0 aliphatic heterocycles. The number of carbonyl (C=O) groups excluding carboxylic acids is 1. The molecule has 1 amide bonds. The normalized spacial score (nSPS) is 12.7. The molecule has 0 aliphatic rings. The van der Waals surface area contributed by atoms with Crippen molar-refractivity contribution in [3.63, 3.8) is 0 Å². The van der Waals surface area contributed by atoms with Gasteiger partial charge < -0.3 is 5.73 Å². The molecule has 3 N–H and O–H groups in total. The third-order valence-corrected chi connectivity index (χ3v) is 4.50. The van der Waals surface area contributed by atoms with Crippen molar-refractivity contribution in [1.29, 1.82) is 0 Å². The van der Waals surface area contributed by atoms with Crippen LogP contribution in [0.2, 0.25) is 0 Å². The van der Waals surface area contributed by atoms with Gasteiger partial charge in [0.05, 0.1) is 5.75 Å². The van der Waals surface area contributed by atoms with Crippen LogP contribution in [0.3, 0.4) is 0 Å². The van der Waals surface area contributed by atoms with E-state index in [0.29, 0.717) is 5.56 Å². The Morgan fingerprint density at radius 3 is 1.95 bits per heavy atom. The summed E-state index contributed by atoms with van der Waals surface area (Å²) in [4.78, 5) is 11.5. The van der Waals surface area contributed by atoms with Crippen molar-refractivity contribution in [1.82, 2.24) is 4.72 Å². The number of benzene rings is 2. The number of primary amides is 1. The van der Waals surface area contributed by atoms with E-state index in [9.17, 15) is 13.2 Å². The molecule has 2 aromatic carbocycles. The van der Waals surface area contributed by atoms with E-state index in [2.05, 4.69) is 4.72 Å². The third kappa shape index (κ3) is 4.98. The molecule has 0 spiro atoms. The number of hydrogen-bond acceptors (Lipinski definition) is 3. The average molecular weight is 318 g/mol. The van der Waals surface area contributed by atoms with Crippen molar-refractivity contribution in [3.05, 3.63) is 71.8 Å². The molecule has 0 fully saturated rings. The highest BCUT2D eigenvalue weighted by atomic mass is 32.2. The van der Waals surface area contributed by atoms with E-state index < -0.39 is 22.0 Å². The summed E-state index contributed by atoms with van der Waals surface area (Å²) in [6.07, 6.45) is 0.226. The van der Waals surface area contributed by atoms with Crippen molar-refractivity contribution >= 4 is 15.9 Å². The van der Waals surface area contributed by atoms with E-state index in [1.165, 1.54) is 0 Å². The fraction of sp³-hybridized carbons (Fsp3) is 0.188. The van der Waals surface area contributed by atoms with Gasteiger partial charge in [-0.3, -0.25) is 4.79 Å². The molecule has 0 saturated carbocycles. The Morgan fingerprint density at radius 2 is 1.45 bits per heavy atom. The second-order valence-corrected chi connectivity index (χ2v) is 6.76. The third-order valence-electron chi connectivity index (χ3n) is 3.15. The van der Waals surface area contributed by atoms with E-state index in [1.54, 1.807) is 24.3 Å². The highest BCUT2D eigenvalue weighted by molar-refractivity contribution is 7.88. The highest BCUT2D eigenvalue weighted by Gasteiger charge is 2.23. The van der Waals surface area contributed by atoms with Gasteiger partial charge in [-0.15, -0.1) is 0 Å². The van der Waals surface area contributed by atoms with Crippen LogP contribution in [0, 0.1) is 0 Å². The Hall–Kier alpha value is -2.18. The van der Waals surface area contributed by atoms with E-state index in [4.69, 9.17) is 5.73 Å². The summed E-state index contributed by atoms with van der Waals surface area (Å²) in [6.45, 7) is 0. The number of amides is 1. The summed E-state index contributed by atoms with van der Waals surface area (Å²) in [6, 6.07) is 17.0. The first-order valence-corrected chi connectivity index (χ1v) is 8.49. The Kier molecular flexibility index (Phi) is 5.30. The van der Waals surface area contributed by atoms with Gasteiger partial charge in [-0.05, 0) is 17.5 Å². The van der Waals surface area contributed by atoms with Gasteiger partial charge >= 0.3 is 0 Å². The number of sulfonamides is 1. The molecule has 2 aromatic rings. The summed E-state index contributed by atoms with van der Waals surface area (Å²) in [5, 5.41) is 0. The summed E-state index contributed by atoms with van der Waals surface area (Å²) in [5.41, 5.74) is 6.81. The van der Waals surface area contributed by atoms with E-state index in [-0.39, 0.29) is 12.2 Å². The molecular weight excluding hydrogens is 300 g/mol.